The third-order valence-corrected chi connectivity index (χ3v) is 9.58. The Morgan fingerprint density at radius 1 is 0.778 bits per heavy atom. The van der Waals surface area contributed by atoms with Crippen LogP contribution in [-0.2, 0) is 39.0 Å². The normalized spacial score (nSPS) is 12.0. The van der Waals surface area contributed by atoms with E-state index in [9.17, 15) is 18.0 Å². The average molecular weight is 626 g/mol. The molecule has 7 nitrogen and oxygen atoms in total. The van der Waals surface area contributed by atoms with Gasteiger partial charge >= 0.3 is 0 Å². The number of amides is 2. The molecule has 1 unspecified atom stereocenters. The first kappa shape index (κ1) is 33.5. The van der Waals surface area contributed by atoms with E-state index in [0.29, 0.717) is 18.7 Å². The summed E-state index contributed by atoms with van der Waals surface area (Å²) in [5, 5.41) is 3.03. The Morgan fingerprint density at radius 3 is 1.98 bits per heavy atom. The van der Waals surface area contributed by atoms with Crippen LogP contribution in [0.25, 0.3) is 0 Å². The molecule has 0 bridgehead atoms. The van der Waals surface area contributed by atoms with Gasteiger partial charge in [0.1, 0.15) is 12.6 Å². The molecule has 236 valence electrons. The van der Waals surface area contributed by atoms with Gasteiger partial charge in [-0.25, -0.2) is 8.42 Å². The number of rotatable bonds is 14. The quantitative estimate of drug-likeness (QED) is 0.182. The van der Waals surface area contributed by atoms with Crippen molar-refractivity contribution in [2.75, 3.05) is 17.4 Å². The lowest BCUT2D eigenvalue weighted by Gasteiger charge is -2.34. The van der Waals surface area contributed by atoms with Gasteiger partial charge < -0.3 is 10.2 Å². The Kier molecular flexibility index (Phi) is 11.5. The second-order valence-electron chi connectivity index (χ2n) is 11.6. The minimum atomic E-state index is -4.14. The number of hydrogen-bond acceptors (Lipinski definition) is 4. The standard InChI is InChI=1S/C37H43N3O4S/c1-5-31-19-14-15-23-34(31)40(45(43,44)33-21-10-7-11-22-33)27-36(41)39(26-32-20-13-12-16-29(32)4)35(37(42)38-25-28(2)3)24-30-17-8-6-9-18-30/h6-23,28,35H,5,24-27H2,1-4H3,(H,38,42). The van der Waals surface area contributed by atoms with Gasteiger partial charge in [0.2, 0.25) is 11.8 Å². The summed E-state index contributed by atoms with van der Waals surface area (Å²) >= 11 is 0. The van der Waals surface area contributed by atoms with E-state index in [1.54, 1.807) is 35.2 Å². The van der Waals surface area contributed by atoms with Crippen LogP contribution in [0.2, 0.25) is 0 Å². The fourth-order valence-electron chi connectivity index (χ4n) is 5.23. The second-order valence-corrected chi connectivity index (χ2v) is 13.5. The fourth-order valence-corrected chi connectivity index (χ4v) is 6.71. The number of carbonyl (C=O) groups excluding carboxylic acids is 2. The zero-order valence-electron chi connectivity index (χ0n) is 26.5. The Hall–Kier alpha value is -4.43. The van der Waals surface area contributed by atoms with Crippen molar-refractivity contribution < 1.29 is 18.0 Å². The molecule has 1 N–H and O–H groups in total. The van der Waals surface area contributed by atoms with Crippen molar-refractivity contribution in [1.29, 1.82) is 0 Å². The summed E-state index contributed by atoms with van der Waals surface area (Å²) in [5.41, 5.74) is 3.99. The number of hydrogen-bond donors (Lipinski definition) is 1. The Labute approximate surface area is 268 Å². The molecule has 0 fully saturated rings. The van der Waals surface area contributed by atoms with E-state index in [2.05, 4.69) is 5.32 Å². The molecular formula is C37H43N3O4S. The summed E-state index contributed by atoms with van der Waals surface area (Å²) in [6.45, 7) is 8.07. The molecule has 0 saturated heterocycles. The number of benzene rings is 4. The van der Waals surface area contributed by atoms with Gasteiger partial charge in [0.25, 0.3) is 10.0 Å². The van der Waals surface area contributed by atoms with Gasteiger partial charge in [0.05, 0.1) is 10.6 Å². The average Bonchev–Trinajstić information content (AvgIpc) is 3.05. The van der Waals surface area contributed by atoms with Crippen molar-refractivity contribution >= 4 is 27.5 Å². The Morgan fingerprint density at radius 2 is 1.36 bits per heavy atom. The van der Waals surface area contributed by atoms with Gasteiger partial charge in [-0.1, -0.05) is 112 Å². The smallest absolute Gasteiger partial charge is 0.264 e. The van der Waals surface area contributed by atoms with Gasteiger partial charge in [-0.05, 0) is 59.7 Å². The lowest BCUT2D eigenvalue weighted by Crippen LogP contribution is -2.54. The van der Waals surface area contributed by atoms with Crippen molar-refractivity contribution in [3.63, 3.8) is 0 Å². The zero-order valence-corrected chi connectivity index (χ0v) is 27.3. The molecule has 4 aromatic rings. The summed E-state index contributed by atoms with van der Waals surface area (Å²) in [4.78, 5) is 30.2. The highest BCUT2D eigenvalue weighted by Crippen LogP contribution is 2.28. The monoisotopic (exact) mass is 625 g/mol. The summed E-state index contributed by atoms with van der Waals surface area (Å²) in [6, 6.07) is 31.8. The fraction of sp³-hybridized carbons (Fsp3) is 0.297. The molecule has 0 radical (unpaired) electrons. The molecule has 4 rings (SSSR count). The van der Waals surface area contributed by atoms with Gasteiger partial charge in [0, 0.05) is 19.5 Å². The number of nitrogens with zero attached hydrogens (tertiary/aromatic N) is 2. The van der Waals surface area contributed by atoms with E-state index in [-0.39, 0.29) is 29.7 Å². The molecule has 0 aliphatic carbocycles. The topological polar surface area (TPSA) is 86.8 Å². The maximum absolute atomic E-state index is 14.6. The third kappa shape index (κ3) is 8.60. The molecule has 0 aromatic heterocycles. The summed E-state index contributed by atoms with van der Waals surface area (Å²) in [5.74, 6) is -0.533. The van der Waals surface area contributed by atoms with Crippen molar-refractivity contribution in [3.05, 3.63) is 131 Å². The SMILES string of the molecule is CCc1ccccc1N(CC(=O)N(Cc1ccccc1C)C(Cc1ccccc1)C(=O)NCC(C)C)S(=O)(=O)c1ccccc1. The molecule has 45 heavy (non-hydrogen) atoms. The molecule has 0 aliphatic rings. The Bertz CT molecular complexity index is 1670. The molecule has 0 saturated carbocycles. The predicted molar refractivity (Wildman–Crippen MR) is 180 cm³/mol. The van der Waals surface area contributed by atoms with Crippen molar-refractivity contribution in [2.45, 2.75) is 58.0 Å². The molecule has 1 atom stereocenters. The van der Waals surface area contributed by atoms with Crippen LogP contribution >= 0.6 is 0 Å². The number of nitrogens with one attached hydrogen (secondary N) is 1. The first-order valence-corrected chi connectivity index (χ1v) is 16.9. The van der Waals surface area contributed by atoms with Crippen LogP contribution in [0.15, 0.2) is 114 Å². The van der Waals surface area contributed by atoms with Gasteiger partial charge in [-0.15, -0.1) is 0 Å². The minimum absolute atomic E-state index is 0.0877. The van der Waals surface area contributed by atoms with Crippen molar-refractivity contribution in [3.8, 4) is 0 Å². The lowest BCUT2D eigenvalue weighted by molar-refractivity contribution is -0.140. The summed E-state index contributed by atoms with van der Waals surface area (Å²) < 4.78 is 29.6. The molecule has 4 aromatic carbocycles. The molecule has 8 heteroatoms. The van der Waals surface area contributed by atoms with E-state index >= 15 is 0 Å². The van der Waals surface area contributed by atoms with Crippen LogP contribution in [0.1, 0.15) is 43.0 Å². The van der Waals surface area contributed by atoms with Crippen LogP contribution in [0.4, 0.5) is 5.69 Å². The van der Waals surface area contributed by atoms with Crippen LogP contribution in [0, 0.1) is 12.8 Å². The van der Waals surface area contributed by atoms with Crippen molar-refractivity contribution in [1.82, 2.24) is 10.2 Å². The highest BCUT2D eigenvalue weighted by Gasteiger charge is 2.35. The van der Waals surface area contributed by atoms with Crippen LogP contribution < -0.4 is 9.62 Å². The van der Waals surface area contributed by atoms with E-state index in [1.807, 2.05) is 94.4 Å². The molecule has 0 aliphatic heterocycles. The number of para-hydroxylation sites is 1. The first-order valence-electron chi connectivity index (χ1n) is 15.4. The molecule has 2 amide bonds. The number of anilines is 1. The predicted octanol–water partition coefficient (Wildman–Crippen LogP) is 6.17. The Balaban J connectivity index is 1.83. The van der Waals surface area contributed by atoms with Crippen LogP contribution in [-0.4, -0.2) is 44.3 Å². The number of aryl methyl sites for hydroxylation is 2. The molecule has 0 heterocycles. The second kappa shape index (κ2) is 15.5. The minimum Gasteiger partial charge on any atom is -0.354 e. The van der Waals surface area contributed by atoms with Gasteiger partial charge in [-0.2, -0.15) is 0 Å². The van der Waals surface area contributed by atoms with Crippen LogP contribution in [0.5, 0.6) is 0 Å². The molecule has 0 spiro atoms. The summed E-state index contributed by atoms with van der Waals surface area (Å²) in [6.07, 6.45) is 0.853. The van der Waals surface area contributed by atoms with Gasteiger partial charge in [-0.3, -0.25) is 13.9 Å². The largest absolute Gasteiger partial charge is 0.354 e. The molecular weight excluding hydrogens is 582 g/mol. The zero-order chi connectivity index (χ0) is 32.4. The van der Waals surface area contributed by atoms with E-state index < -0.39 is 28.5 Å². The lowest BCUT2D eigenvalue weighted by atomic mass is 10.0. The first-order chi connectivity index (χ1) is 21.6. The van der Waals surface area contributed by atoms with E-state index in [0.717, 1.165) is 22.3 Å². The third-order valence-electron chi connectivity index (χ3n) is 7.81. The number of sulfonamides is 1. The van der Waals surface area contributed by atoms with Crippen molar-refractivity contribution in [2.24, 2.45) is 5.92 Å². The van der Waals surface area contributed by atoms with Crippen LogP contribution in [0.3, 0.4) is 0 Å². The summed E-state index contributed by atoms with van der Waals surface area (Å²) in [7, 11) is -4.14. The highest BCUT2D eigenvalue weighted by molar-refractivity contribution is 7.92. The highest BCUT2D eigenvalue weighted by atomic mass is 32.2. The van der Waals surface area contributed by atoms with Gasteiger partial charge in [0.15, 0.2) is 0 Å². The van der Waals surface area contributed by atoms with E-state index in [4.69, 9.17) is 0 Å². The maximum atomic E-state index is 14.6. The maximum Gasteiger partial charge on any atom is 0.264 e. The number of carbonyl (C=O) groups is 2. The van der Waals surface area contributed by atoms with E-state index in [1.165, 1.54) is 16.4 Å².